The van der Waals surface area contributed by atoms with Crippen LogP contribution in [0, 0.1) is 6.92 Å². The molecule has 0 radical (unpaired) electrons. The van der Waals surface area contributed by atoms with Crippen LogP contribution in [0.2, 0.25) is 10.0 Å². The predicted octanol–water partition coefficient (Wildman–Crippen LogP) is 5.76. The third-order valence-electron chi connectivity index (χ3n) is 5.16. The smallest absolute Gasteiger partial charge is 0.343 e. The van der Waals surface area contributed by atoms with Crippen molar-refractivity contribution in [1.82, 2.24) is 5.43 Å². The summed E-state index contributed by atoms with van der Waals surface area (Å²) < 4.78 is 5.64. The van der Waals surface area contributed by atoms with Crippen LogP contribution in [-0.4, -0.2) is 24.0 Å². The number of benzene rings is 4. The van der Waals surface area contributed by atoms with E-state index in [1.54, 1.807) is 18.2 Å². The van der Waals surface area contributed by atoms with Crippen LogP contribution in [0.4, 0.5) is 5.69 Å². The second kappa shape index (κ2) is 11.0. The van der Waals surface area contributed by atoms with Crippen LogP contribution in [0.15, 0.2) is 84.0 Å². The SMILES string of the molecule is Cc1ccc(C(=O)Oc2ccc3ccccc3c2/C=N\NC(=O)C(=O)Nc2ccc(Cl)c(Cl)c2)cc1. The van der Waals surface area contributed by atoms with E-state index in [1.807, 2.05) is 49.4 Å². The number of halogens is 2. The summed E-state index contributed by atoms with van der Waals surface area (Å²) in [5.41, 5.74) is 4.35. The van der Waals surface area contributed by atoms with Crippen LogP contribution in [0.3, 0.4) is 0 Å². The minimum Gasteiger partial charge on any atom is -0.422 e. The lowest BCUT2D eigenvalue weighted by Crippen LogP contribution is -2.32. The predicted molar refractivity (Wildman–Crippen MR) is 141 cm³/mol. The lowest BCUT2D eigenvalue weighted by molar-refractivity contribution is -0.136. The van der Waals surface area contributed by atoms with Gasteiger partial charge in [-0.3, -0.25) is 9.59 Å². The van der Waals surface area contributed by atoms with Crippen LogP contribution in [-0.2, 0) is 9.59 Å². The fraction of sp³-hybridized carbons (Fsp3) is 0.0370. The number of ether oxygens (including phenoxy) is 1. The summed E-state index contributed by atoms with van der Waals surface area (Å²) in [7, 11) is 0. The summed E-state index contributed by atoms with van der Waals surface area (Å²) in [4.78, 5) is 37.2. The zero-order valence-electron chi connectivity index (χ0n) is 18.9. The van der Waals surface area contributed by atoms with Crippen molar-refractivity contribution < 1.29 is 19.1 Å². The molecule has 36 heavy (non-hydrogen) atoms. The highest BCUT2D eigenvalue weighted by molar-refractivity contribution is 6.43. The highest BCUT2D eigenvalue weighted by atomic mass is 35.5. The van der Waals surface area contributed by atoms with Gasteiger partial charge in [-0.15, -0.1) is 0 Å². The number of aryl methyl sites for hydroxylation is 1. The van der Waals surface area contributed by atoms with Crippen molar-refractivity contribution in [3.8, 4) is 5.75 Å². The highest BCUT2D eigenvalue weighted by Crippen LogP contribution is 2.28. The number of anilines is 1. The van der Waals surface area contributed by atoms with Crippen molar-refractivity contribution in [3.05, 3.63) is 106 Å². The molecule has 0 atom stereocenters. The Hall–Kier alpha value is -4.20. The molecule has 2 N–H and O–H groups in total. The van der Waals surface area contributed by atoms with Crippen molar-refractivity contribution in [1.29, 1.82) is 0 Å². The second-order valence-corrected chi connectivity index (χ2v) is 8.55. The second-order valence-electron chi connectivity index (χ2n) is 7.74. The Morgan fingerprint density at radius 2 is 1.61 bits per heavy atom. The molecule has 2 amide bonds. The van der Waals surface area contributed by atoms with Crippen molar-refractivity contribution in [2.45, 2.75) is 6.92 Å². The normalized spacial score (nSPS) is 10.9. The van der Waals surface area contributed by atoms with Crippen LogP contribution < -0.4 is 15.5 Å². The van der Waals surface area contributed by atoms with E-state index in [2.05, 4.69) is 15.8 Å². The Kier molecular flexibility index (Phi) is 7.63. The number of hydrogen-bond donors (Lipinski definition) is 2. The number of nitrogens with zero attached hydrogens (tertiary/aromatic N) is 1. The van der Waals surface area contributed by atoms with Gasteiger partial charge in [-0.1, -0.05) is 71.2 Å². The van der Waals surface area contributed by atoms with E-state index in [-0.39, 0.29) is 10.8 Å². The number of nitrogens with one attached hydrogen (secondary N) is 2. The number of fused-ring (bicyclic) bond motifs is 1. The Labute approximate surface area is 216 Å². The molecule has 180 valence electrons. The lowest BCUT2D eigenvalue weighted by atomic mass is 10.0. The molecule has 0 aliphatic carbocycles. The number of rotatable bonds is 5. The van der Waals surface area contributed by atoms with Gasteiger partial charge in [0.25, 0.3) is 0 Å². The summed E-state index contributed by atoms with van der Waals surface area (Å²) in [5.74, 6) is -2.24. The molecule has 4 aromatic rings. The molecule has 0 aliphatic heterocycles. The molecule has 0 spiro atoms. The first-order valence-corrected chi connectivity index (χ1v) is 11.5. The molecule has 0 saturated heterocycles. The van der Waals surface area contributed by atoms with E-state index >= 15 is 0 Å². The molecule has 0 aliphatic rings. The summed E-state index contributed by atoms with van der Waals surface area (Å²) >= 11 is 11.8. The van der Waals surface area contributed by atoms with Crippen molar-refractivity contribution in [3.63, 3.8) is 0 Å². The van der Waals surface area contributed by atoms with Gasteiger partial charge in [0, 0.05) is 11.3 Å². The number of carbonyl (C=O) groups is 3. The van der Waals surface area contributed by atoms with E-state index in [9.17, 15) is 14.4 Å². The molecule has 0 unspecified atom stereocenters. The van der Waals surface area contributed by atoms with E-state index in [1.165, 1.54) is 24.4 Å². The van der Waals surface area contributed by atoms with E-state index < -0.39 is 17.8 Å². The zero-order chi connectivity index (χ0) is 25.7. The fourth-order valence-corrected chi connectivity index (χ4v) is 3.61. The lowest BCUT2D eigenvalue weighted by Gasteiger charge is -2.11. The van der Waals surface area contributed by atoms with E-state index in [4.69, 9.17) is 27.9 Å². The Morgan fingerprint density at radius 1 is 0.861 bits per heavy atom. The standard InChI is InChI=1S/C27H19Cl2N3O4/c1-16-6-8-18(9-7-16)27(35)36-24-13-10-17-4-2-3-5-20(17)21(24)15-30-32-26(34)25(33)31-19-11-12-22(28)23(29)14-19/h2-15H,1H3,(H,31,33)(H,32,34)/b30-15-. The van der Waals surface area contributed by atoms with Gasteiger partial charge in [-0.2, -0.15) is 5.10 Å². The van der Waals surface area contributed by atoms with Gasteiger partial charge >= 0.3 is 17.8 Å². The molecule has 0 heterocycles. The number of hydrazone groups is 1. The van der Waals surface area contributed by atoms with Gasteiger partial charge in [0.2, 0.25) is 0 Å². The number of hydrogen-bond acceptors (Lipinski definition) is 5. The monoisotopic (exact) mass is 519 g/mol. The van der Waals surface area contributed by atoms with Crippen LogP contribution >= 0.6 is 23.2 Å². The summed E-state index contributed by atoms with van der Waals surface area (Å²) in [5, 5.41) is 8.49. The topological polar surface area (TPSA) is 96.9 Å². The molecule has 7 nitrogen and oxygen atoms in total. The summed E-state index contributed by atoms with van der Waals surface area (Å²) in [6, 6.07) is 22.3. The molecule has 4 rings (SSSR count). The fourth-order valence-electron chi connectivity index (χ4n) is 3.31. The molecule has 0 fully saturated rings. The van der Waals surface area contributed by atoms with Gasteiger partial charge in [0.15, 0.2) is 0 Å². The average Bonchev–Trinajstić information content (AvgIpc) is 2.87. The number of esters is 1. The maximum atomic E-state index is 12.7. The average molecular weight is 520 g/mol. The van der Waals surface area contributed by atoms with Gasteiger partial charge in [0.1, 0.15) is 5.75 Å². The Morgan fingerprint density at radius 3 is 2.36 bits per heavy atom. The third kappa shape index (κ3) is 5.89. The molecular formula is C27H19Cl2N3O4. The van der Waals surface area contributed by atoms with Crippen LogP contribution in [0.25, 0.3) is 10.8 Å². The maximum absolute atomic E-state index is 12.7. The molecular weight excluding hydrogens is 501 g/mol. The van der Waals surface area contributed by atoms with Crippen LogP contribution in [0.5, 0.6) is 5.75 Å². The van der Waals surface area contributed by atoms with E-state index in [0.717, 1.165) is 16.3 Å². The minimum atomic E-state index is -1.00. The highest BCUT2D eigenvalue weighted by Gasteiger charge is 2.16. The van der Waals surface area contributed by atoms with Gasteiger partial charge in [0.05, 0.1) is 21.8 Å². The minimum absolute atomic E-state index is 0.233. The summed E-state index contributed by atoms with van der Waals surface area (Å²) in [6.45, 7) is 1.92. The number of carbonyl (C=O) groups excluding carboxylic acids is 3. The van der Waals surface area contributed by atoms with Crippen molar-refractivity contribution >= 4 is 63.7 Å². The molecule has 0 aromatic heterocycles. The summed E-state index contributed by atoms with van der Waals surface area (Å²) in [6.07, 6.45) is 1.32. The third-order valence-corrected chi connectivity index (χ3v) is 5.90. The van der Waals surface area contributed by atoms with Crippen molar-refractivity contribution in [2.75, 3.05) is 5.32 Å². The molecule has 0 saturated carbocycles. The first-order valence-electron chi connectivity index (χ1n) is 10.7. The van der Waals surface area contributed by atoms with Gasteiger partial charge in [-0.05, 0) is 54.1 Å². The number of amides is 2. The van der Waals surface area contributed by atoms with E-state index in [0.29, 0.717) is 21.8 Å². The first-order chi connectivity index (χ1) is 17.3. The Bertz CT molecular complexity index is 1500. The maximum Gasteiger partial charge on any atom is 0.343 e. The van der Waals surface area contributed by atoms with Gasteiger partial charge < -0.3 is 10.1 Å². The largest absolute Gasteiger partial charge is 0.422 e. The molecule has 4 aromatic carbocycles. The van der Waals surface area contributed by atoms with Crippen molar-refractivity contribution in [2.24, 2.45) is 5.10 Å². The molecule has 9 heteroatoms. The zero-order valence-corrected chi connectivity index (χ0v) is 20.4. The van der Waals surface area contributed by atoms with Crippen LogP contribution in [0.1, 0.15) is 21.5 Å². The molecule has 0 bridgehead atoms. The van der Waals surface area contributed by atoms with Gasteiger partial charge in [-0.25, -0.2) is 10.2 Å². The Balaban J connectivity index is 1.53. The first kappa shape index (κ1) is 24.9. The quantitative estimate of drug-likeness (QED) is 0.115.